The molecule has 0 amide bonds. The summed E-state index contributed by atoms with van der Waals surface area (Å²) in [5, 5.41) is 10.3. The summed E-state index contributed by atoms with van der Waals surface area (Å²) in [7, 11) is 2.16. The molecule has 2 nitrogen and oxygen atoms in total. The van der Waals surface area contributed by atoms with Gasteiger partial charge in [0.25, 0.3) is 0 Å². The van der Waals surface area contributed by atoms with Gasteiger partial charge in [0.05, 0.1) is 6.10 Å². The molecule has 1 aromatic carbocycles. The van der Waals surface area contributed by atoms with Crippen molar-refractivity contribution >= 4 is 17.3 Å². The molecule has 112 valence electrons. The van der Waals surface area contributed by atoms with Crippen molar-refractivity contribution in [2.24, 2.45) is 5.92 Å². The van der Waals surface area contributed by atoms with E-state index in [9.17, 15) is 5.11 Å². The van der Waals surface area contributed by atoms with Crippen molar-refractivity contribution in [2.45, 2.75) is 58.1 Å². The van der Waals surface area contributed by atoms with Gasteiger partial charge < -0.3 is 10.0 Å². The molecule has 1 aliphatic rings. The number of halogens is 1. The zero-order valence-electron chi connectivity index (χ0n) is 12.8. The smallest absolute Gasteiger partial charge is 0.0776 e. The standard InChI is InChI=1S/C17H26ClNO/c1-4-13-5-7-14(8-6-13)19(3)15-9-10-16(12(2)20)17(18)11-15/h9-14,20H,4-8H2,1-3H3. The first-order valence-electron chi connectivity index (χ1n) is 7.73. The van der Waals surface area contributed by atoms with Crippen LogP contribution >= 0.6 is 11.6 Å². The quantitative estimate of drug-likeness (QED) is 0.862. The molecule has 0 heterocycles. The van der Waals surface area contributed by atoms with E-state index in [0.29, 0.717) is 11.1 Å². The molecular formula is C17H26ClNO. The topological polar surface area (TPSA) is 23.5 Å². The Morgan fingerprint density at radius 1 is 1.30 bits per heavy atom. The fourth-order valence-electron chi connectivity index (χ4n) is 3.23. The van der Waals surface area contributed by atoms with Crippen molar-refractivity contribution in [1.29, 1.82) is 0 Å². The molecule has 0 radical (unpaired) electrons. The lowest BCUT2D eigenvalue weighted by Gasteiger charge is -2.36. The van der Waals surface area contributed by atoms with Crippen LogP contribution in [0.4, 0.5) is 5.69 Å². The molecule has 0 spiro atoms. The van der Waals surface area contributed by atoms with Crippen LogP contribution in [0.2, 0.25) is 5.02 Å². The lowest BCUT2D eigenvalue weighted by Crippen LogP contribution is -2.35. The van der Waals surface area contributed by atoms with Gasteiger partial charge in [-0.15, -0.1) is 0 Å². The van der Waals surface area contributed by atoms with Crippen LogP contribution in [0.1, 0.15) is 57.6 Å². The molecule has 1 atom stereocenters. The highest BCUT2D eigenvalue weighted by Gasteiger charge is 2.23. The third-order valence-corrected chi connectivity index (χ3v) is 5.11. The molecule has 1 aliphatic carbocycles. The molecule has 1 unspecified atom stereocenters. The fourth-order valence-corrected chi connectivity index (χ4v) is 3.56. The molecule has 2 rings (SSSR count). The highest BCUT2D eigenvalue weighted by molar-refractivity contribution is 6.31. The SMILES string of the molecule is CCC1CCC(N(C)c2ccc(C(C)O)c(Cl)c2)CC1. The summed E-state index contributed by atoms with van der Waals surface area (Å²) in [5.41, 5.74) is 1.96. The predicted molar refractivity (Wildman–Crippen MR) is 86.5 cm³/mol. The largest absolute Gasteiger partial charge is 0.389 e. The molecule has 0 aliphatic heterocycles. The summed E-state index contributed by atoms with van der Waals surface area (Å²) < 4.78 is 0. The Balaban J connectivity index is 2.06. The maximum Gasteiger partial charge on any atom is 0.0776 e. The van der Waals surface area contributed by atoms with Crippen LogP contribution in [-0.2, 0) is 0 Å². The average molecular weight is 296 g/mol. The van der Waals surface area contributed by atoms with Crippen LogP contribution in [-0.4, -0.2) is 18.2 Å². The van der Waals surface area contributed by atoms with Crippen LogP contribution in [0.15, 0.2) is 18.2 Å². The van der Waals surface area contributed by atoms with Crippen molar-refractivity contribution in [3.05, 3.63) is 28.8 Å². The van der Waals surface area contributed by atoms with Crippen LogP contribution in [0.3, 0.4) is 0 Å². The van der Waals surface area contributed by atoms with Gasteiger partial charge in [-0.3, -0.25) is 0 Å². The van der Waals surface area contributed by atoms with E-state index in [1.165, 1.54) is 32.1 Å². The van der Waals surface area contributed by atoms with E-state index >= 15 is 0 Å². The van der Waals surface area contributed by atoms with Crippen LogP contribution in [0.5, 0.6) is 0 Å². The number of hydrogen-bond donors (Lipinski definition) is 1. The van der Waals surface area contributed by atoms with E-state index in [0.717, 1.165) is 17.2 Å². The van der Waals surface area contributed by atoms with E-state index in [-0.39, 0.29) is 0 Å². The minimum atomic E-state index is -0.512. The van der Waals surface area contributed by atoms with Crippen molar-refractivity contribution < 1.29 is 5.11 Å². The van der Waals surface area contributed by atoms with Crippen LogP contribution in [0, 0.1) is 5.92 Å². The first kappa shape index (κ1) is 15.7. The summed E-state index contributed by atoms with van der Waals surface area (Å²) in [5.74, 6) is 0.917. The van der Waals surface area contributed by atoms with Gasteiger partial charge in [0.15, 0.2) is 0 Å². The summed E-state index contributed by atoms with van der Waals surface area (Å²) in [6.07, 6.45) is 6.01. The van der Waals surface area contributed by atoms with E-state index in [1.807, 2.05) is 12.1 Å². The molecule has 0 aromatic heterocycles. The Hall–Kier alpha value is -0.730. The molecule has 1 N–H and O–H groups in total. The van der Waals surface area contributed by atoms with Gasteiger partial charge in [-0.1, -0.05) is 31.0 Å². The lowest BCUT2D eigenvalue weighted by atomic mass is 9.84. The maximum atomic E-state index is 9.64. The normalized spacial score (nSPS) is 24.4. The maximum absolute atomic E-state index is 9.64. The number of aliphatic hydroxyl groups excluding tert-OH is 1. The third-order valence-electron chi connectivity index (χ3n) is 4.78. The lowest BCUT2D eigenvalue weighted by molar-refractivity contribution is 0.199. The average Bonchev–Trinajstić information content (AvgIpc) is 2.46. The highest BCUT2D eigenvalue weighted by Crippen LogP contribution is 2.33. The molecular weight excluding hydrogens is 270 g/mol. The molecule has 3 heteroatoms. The zero-order chi connectivity index (χ0) is 14.7. The minimum absolute atomic E-state index is 0.512. The van der Waals surface area contributed by atoms with E-state index in [4.69, 9.17) is 11.6 Å². The van der Waals surface area contributed by atoms with Gasteiger partial charge in [0.2, 0.25) is 0 Å². The summed E-state index contributed by atoms with van der Waals surface area (Å²) >= 11 is 6.27. The highest BCUT2D eigenvalue weighted by atomic mass is 35.5. The summed E-state index contributed by atoms with van der Waals surface area (Å²) in [6, 6.07) is 6.61. The Morgan fingerprint density at radius 2 is 1.95 bits per heavy atom. The fraction of sp³-hybridized carbons (Fsp3) is 0.647. The summed E-state index contributed by atoms with van der Waals surface area (Å²) in [4.78, 5) is 2.35. The summed E-state index contributed by atoms with van der Waals surface area (Å²) in [6.45, 7) is 4.04. The van der Waals surface area contributed by atoms with Crippen molar-refractivity contribution in [3.8, 4) is 0 Å². The second kappa shape index (κ2) is 6.82. The van der Waals surface area contributed by atoms with Gasteiger partial charge in [0, 0.05) is 23.8 Å². The molecule has 20 heavy (non-hydrogen) atoms. The van der Waals surface area contributed by atoms with Gasteiger partial charge in [-0.05, 0) is 56.2 Å². The first-order valence-corrected chi connectivity index (χ1v) is 8.11. The zero-order valence-corrected chi connectivity index (χ0v) is 13.5. The molecule has 1 saturated carbocycles. The number of rotatable bonds is 4. The van der Waals surface area contributed by atoms with Crippen LogP contribution in [0.25, 0.3) is 0 Å². The van der Waals surface area contributed by atoms with Gasteiger partial charge >= 0.3 is 0 Å². The molecule has 1 aromatic rings. The second-order valence-electron chi connectivity index (χ2n) is 6.08. The number of aliphatic hydroxyl groups is 1. The van der Waals surface area contributed by atoms with Crippen LogP contribution < -0.4 is 4.90 Å². The minimum Gasteiger partial charge on any atom is -0.389 e. The number of nitrogens with zero attached hydrogens (tertiary/aromatic N) is 1. The Bertz CT molecular complexity index is 439. The van der Waals surface area contributed by atoms with Gasteiger partial charge in [-0.25, -0.2) is 0 Å². The Morgan fingerprint density at radius 3 is 2.45 bits per heavy atom. The third kappa shape index (κ3) is 3.48. The van der Waals surface area contributed by atoms with E-state index in [2.05, 4.69) is 24.9 Å². The first-order chi connectivity index (χ1) is 9.52. The van der Waals surface area contributed by atoms with Gasteiger partial charge in [0.1, 0.15) is 0 Å². The van der Waals surface area contributed by atoms with Crippen molar-refractivity contribution in [1.82, 2.24) is 0 Å². The Labute approximate surface area is 127 Å². The molecule has 0 bridgehead atoms. The monoisotopic (exact) mass is 295 g/mol. The second-order valence-corrected chi connectivity index (χ2v) is 6.48. The number of benzene rings is 1. The van der Waals surface area contributed by atoms with E-state index < -0.39 is 6.10 Å². The number of anilines is 1. The molecule has 0 saturated heterocycles. The van der Waals surface area contributed by atoms with Gasteiger partial charge in [-0.2, -0.15) is 0 Å². The van der Waals surface area contributed by atoms with E-state index in [1.54, 1.807) is 6.92 Å². The Kier molecular flexibility index (Phi) is 5.34. The predicted octanol–water partition coefficient (Wildman–Crippen LogP) is 4.80. The number of hydrogen-bond acceptors (Lipinski definition) is 2. The van der Waals surface area contributed by atoms with Crippen molar-refractivity contribution in [2.75, 3.05) is 11.9 Å². The molecule has 1 fully saturated rings. The van der Waals surface area contributed by atoms with Crippen molar-refractivity contribution in [3.63, 3.8) is 0 Å².